The second-order valence-corrected chi connectivity index (χ2v) is 8.02. The number of thiazole rings is 1. The molecule has 1 aliphatic carbocycles. The van der Waals surface area contributed by atoms with Crippen LogP contribution in [0.4, 0.5) is 0 Å². The molecule has 2 aromatic rings. The molecule has 1 fully saturated rings. The van der Waals surface area contributed by atoms with E-state index in [2.05, 4.69) is 9.71 Å². The Kier molecular flexibility index (Phi) is 4.12. The molecule has 0 radical (unpaired) electrons. The number of ketones is 1. The minimum Gasteiger partial charge on any atom is -0.295 e. The van der Waals surface area contributed by atoms with Crippen LogP contribution < -0.4 is 4.72 Å². The van der Waals surface area contributed by atoms with Gasteiger partial charge in [-0.3, -0.25) is 4.79 Å². The van der Waals surface area contributed by atoms with Crippen LogP contribution in [-0.2, 0) is 16.6 Å². The van der Waals surface area contributed by atoms with E-state index < -0.39 is 10.0 Å². The fourth-order valence-electron chi connectivity index (χ4n) is 2.06. The maximum Gasteiger partial charge on any atom is 0.240 e. The van der Waals surface area contributed by atoms with Gasteiger partial charge >= 0.3 is 0 Å². The van der Waals surface area contributed by atoms with E-state index in [9.17, 15) is 13.2 Å². The fourth-order valence-corrected chi connectivity index (χ4v) is 4.09. The molecule has 7 heteroatoms. The first-order valence-electron chi connectivity index (χ1n) is 7.01. The Balaban J connectivity index is 1.72. The van der Waals surface area contributed by atoms with Gasteiger partial charge < -0.3 is 0 Å². The molecular formula is C15H16N2O3S2. The standard InChI is InChI=1S/C15H16N2O3S2/c1-10(18)12-3-2-4-14(7-12)22(19,20)16-8-13-9-21-15(17-13)11-5-6-11/h2-4,7,9,11,16H,5-6,8H2,1H3. The number of benzene rings is 1. The lowest BCUT2D eigenvalue weighted by atomic mass is 10.2. The van der Waals surface area contributed by atoms with Gasteiger partial charge in [0.25, 0.3) is 0 Å². The summed E-state index contributed by atoms with van der Waals surface area (Å²) in [6, 6.07) is 6.04. The van der Waals surface area contributed by atoms with Gasteiger partial charge in [-0.05, 0) is 31.9 Å². The van der Waals surface area contributed by atoms with Crippen LogP contribution >= 0.6 is 11.3 Å². The molecule has 5 nitrogen and oxygen atoms in total. The first kappa shape index (κ1) is 15.3. The zero-order valence-electron chi connectivity index (χ0n) is 12.1. The van der Waals surface area contributed by atoms with E-state index in [1.165, 1.54) is 31.9 Å². The molecule has 1 aliphatic rings. The molecule has 116 valence electrons. The Hall–Kier alpha value is -1.57. The highest BCUT2D eigenvalue weighted by molar-refractivity contribution is 7.89. The average molecular weight is 336 g/mol. The lowest BCUT2D eigenvalue weighted by Gasteiger charge is -2.06. The number of sulfonamides is 1. The van der Waals surface area contributed by atoms with Crippen molar-refractivity contribution in [3.8, 4) is 0 Å². The van der Waals surface area contributed by atoms with Crippen LogP contribution in [0.3, 0.4) is 0 Å². The number of Topliss-reactive ketones (excluding diaryl/α,β-unsaturated/α-hetero) is 1. The topological polar surface area (TPSA) is 76.1 Å². The van der Waals surface area contributed by atoms with Crippen molar-refractivity contribution in [2.24, 2.45) is 0 Å². The molecule has 0 spiro atoms. The normalized spacial score (nSPS) is 15.0. The molecule has 0 atom stereocenters. The van der Waals surface area contributed by atoms with E-state index in [1.54, 1.807) is 23.5 Å². The van der Waals surface area contributed by atoms with Crippen molar-refractivity contribution in [1.82, 2.24) is 9.71 Å². The van der Waals surface area contributed by atoms with Crippen molar-refractivity contribution in [2.75, 3.05) is 0 Å². The molecule has 0 unspecified atom stereocenters. The highest BCUT2D eigenvalue weighted by Gasteiger charge is 2.26. The van der Waals surface area contributed by atoms with Gasteiger partial charge in [-0.25, -0.2) is 18.1 Å². The van der Waals surface area contributed by atoms with Crippen molar-refractivity contribution >= 4 is 27.1 Å². The molecule has 1 aromatic heterocycles. The van der Waals surface area contributed by atoms with E-state index in [1.807, 2.05) is 5.38 Å². The predicted molar refractivity (Wildman–Crippen MR) is 84.6 cm³/mol. The molecule has 0 aliphatic heterocycles. The van der Waals surface area contributed by atoms with Crippen molar-refractivity contribution in [1.29, 1.82) is 0 Å². The highest BCUT2D eigenvalue weighted by Crippen LogP contribution is 2.41. The summed E-state index contributed by atoms with van der Waals surface area (Å²) in [5.74, 6) is 0.410. The van der Waals surface area contributed by atoms with Crippen LogP contribution in [0.5, 0.6) is 0 Å². The Morgan fingerprint density at radius 2 is 2.18 bits per heavy atom. The van der Waals surface area contributed by atoms with Crippen LogP contribution in [0.25, 0.3) is 0 Å². The number of nitrogens with zero attached hydrogens (tertiary/aromatic N) is 1. The van der Waals surface area contributed by atoms with E-state index in [-0.39, 0.29) is 17.2 Å². The third-order valence-corrected chi connectivity index (χ3v) is 5.95. The van der Waals surface area contributed by atoms with Gasteiger partial charge in [-0.15, -0.1) is 11.3 Å². The summed E-state index contributed by atoms with van der Waals surface area (Å²) < 4.78 is 27.1. The Morgan fingerprint density at radius 3 is 2.86 bits per heavy atom. The maximum absolute atomic E-state index is 12.3. The zero-order valence-corrected chi connectivity index (χ0v) is 13.7. The molecule has 0 bridgehead atoms. The zero-order chi connectivity index (χ0) is 15.7. The molecule has 1 N–H and O–H groups in total. The number of hydrogen-bond acceptors (Lipinski definition) is 5. The van der Waals surface area contributed by atoms with Gasteiger partial charge in [0, 0.05) is 16.9 Å². The molecule has 1 heterocycles. The quantitative estimate of drug-likeness (QED) is 0.823. The van der Waals surface area contributed by atoms with Gasteiger partial charge in [0.1, 0.15) is 0 Å². The lowest BCUT2D eigenvalue weighted by molar-refractivity contribution is 0.101. The Bertz CT molecular complexity index is 808. The second-order valence-electron chi connectivity index (χ2n) is 5.36. The summed E-state index contributed by atoms with van der Waals surface area (Å²) in [5, 5.41) is 2.98. The van der Waals surface area contributed by atoms with Crippen LogP contribution in [0.2, 0.25) is 0 Å². The van der Waals surface area contributed by atoms with Crippen LogP contribution in [0, 0.1) is 0 Å². The fraction of sp³-hybridized carbons (Fsp3) is 0.333. The number of rotatable bonds is 6. The van der Waals surface area contributed by atoms with E-state index in [4.69, 9.17) is 0 Å². The lowest BCUT2D eigenvalue weighted by Crippen LogP contribution is -2.23. The van der Waals surface area contributed by atoms with Gasteiger partial charge in [0.2, 0.25) is 10.0 Å². The smallest absolute Gasteiger partial charge is 0.240 e. The van der Waals surface area contributed by atoms with Crippen molar-refractivity contribution < 1.29 is 13.2 Å². The van der Waals surface area contributed by atoms with Crippen molar-refractivity contribution in [3.05, 3.63) is 45.9 Å². The summed E-state index contributed by atoms with van der Waals surface area (Å²) in [7, 11) is -3.65. The van der Waals surface area contributed by atoms with Crippen LogP contribution in [0.1, 0.15) is 46.7 Å². The molecule has 3 rings (SSSR count). The second kappa shape index (κ2) is 5.91. The van der Waals surface area contributed by atoms with Gasteiger partial charge in [-0.1, -0.05) is 12.1 Å². The van der Waals surface area contributed by atoms with E-state index >= 15 is 0 Å². The molecule has 0 saturated heterocycles. The average Bonchev–Trinajstić information content (AvgIpc) is 3.24. The van der Waals surface area contributed by atoms with Gasteiger partial charge in [-0.2, -0.15) is 0 Å². The summed E-state index contributed by atoms with van der Waals surface area (Å²) in [4.78, 5) is 15.9. The molecule has 1 saturated carbocycles. The first-order chi connectivity index (χ1) is 10.5. The SMILES string of the molecule is CC(=O)c1cccc(S(=O)(=O)NCc2csc(C3CC3)n2)c1. The molecule has 1 aromatic carbocycles. The number of carbonyl (C=O) groups excluding carboxylic acids is 1. The van der Waals surface area contributed by atoms with Crippen molar-refractivity contribution in [2.45, 2.75) is 37.1 Å². The minimum atomic E-state index is -3.65. The van der Waals surface area contributed by atoms with Crippen LogP contribution in [-0.4, -0.2) is 19.2 Å². The molecular weight excluding hydrogens is 320 g/mol. The largest absolute Gasteiger partial charge is 0.295 e. The number of nitrogens with one attached hydrogen (secondary N) is 1. The van der Waals surface area contributed by atoms with E-state index in [0.29, 0.717) is 11.5 Å². The van der Waals surface area contributed by atoms with Gasteiger partial charge in [0.15, 0.2) is 5.78 Å². The Morgan fingerprint density at radius 1 is 1.41 bits per heavy atom. The predicted octanol–water partition coefficient (Wildman–Crippen LogP) is 2.70. The third kappa shape index (κ3) is 3.43. The summed E-state index contributed by atoms with van der Waals surface area (Å²) in [5.41, 5.74) is 1.12. The minimum absolute atomic E-state index is 0.0952. The van der Waals surface area contributed by atoms with Crippen molar-refractivity contribution in [3.63, 3.8) is 0 Å². The third-order valence-electron chi connectivity index (χ3n) is 3.49. The highest BCUT2D eigenvalue weighted by atomic mass is 32.2. The number of hydrogen-bond donors (Lipinski definition) is 1. The van der Waals surface area contributed by atoms with Gasteiger partial charge in [0.05, 0.1) is 22.1 Å². The molecule has 0 amide bonds. The van der Waals surface area contributed by atoms with E-state index in [0.717, 1.165) is 10.7 Å². The van der Waals surface area contributed by atoms with Crippen LogP contribution in [0.15, 0.2) is 34.5 Å². The number of aromatic nitrogens is 1. The summed E-state index contributed by atoms with van der Waals surface area (Å²) >= 11 is 1.58. The first-order valence-corrected chi connectivity index (χ1v) is 9.37. The monoisotopic (exact) mass is 336 g/mol. The summed E-state index contributed by atoms with van der Waals surface area (Å²) in [6.45, 7) is 1.57. The maximum atomic E-state index is 12.3. The number of carbonyl (C=O) groups is 1. The summed E-state index contributed by atoms with van der Waals surface area (Å²) in [6.07, 6.45) is 2.35. The molecule has 22 heavy (non-hydrogen) atoms. The Labute approximate surface area is 133 Å².